The fourth-order valence-corrected chi connectivity index (χ4v) is 3.46. The van der Waals surface area contributed by atoms with E-state index in [4.69, 9.17) is 0 Å². The molecular weight excluding hydrogens is 333 g/mol. The van der Waals surface area contributed by atoms with Crippen LogP contribution in [0.1, 0.15) is 36.0 Å². The zero-order valence-electron chi connectivity index (χ0n) is 15.0. The van der Waals surface area contributed by atoms with E-state index < -0.39 is 6.17 Å². The maximum atomic E-state index is 13.3. The van der Waals surface area contributed by atoms with Crippen molar-refractivity contribution in [3.8, 4) is 0 Å². The lowest BCUT2D eigenvalue weighted by atomic mass is 10.1. The van der Waals surface area contributed by atoms with Gasteiger partial charge in [0.15, 0.2) is 0 Å². The van der Waals surface area contributed by atoms with Crippen LogP contribution in [0.25, 0.3) is 0 Å². The number of piperidine rings is 1. The monoisotopic (exact) mass is 359 g/mol. The van der Waals surface area contributed by atoms with Gasteiger partial charge in [-0.2, -0.15) is 0 Å². The molecule has 1 aromatic carbocycles. The molecule has 0 bridgehead atoms. The summed E-state index contributed by atoms with van der Waals surface area (Å²) in [5.41, 5.74) is 1.30. The van der Waals surface area contributed by atoms with Crippen LogP contribution >= 0.6 is 0 Å². The molecule has 2 amide bonds. The van der Waals surface area contributed by atoms with Gasteiger partial charge in [0, 0.05) is 43.5 Å². The van der Waals surface area contributed by atoms with E-state index in [9.17, 15) is 14.0 Å². The molecule has 2 heterocycles. The zero-order valence-corrected chi connectivity index (χ0v) is 15.0. The number of rotatable bonds is 5. The van der Waals surface area contributed by atoms with E-state index in [-0.39, 0.29) is 11.8 Å². The molecule has 2 aliphatic heterocycles. The molecule has 0 spiro atoms. The van der Waals surface area contributed by atoms with E-state index in [0.29, 0.717) is 30.8 Å². The number of nitrogens with one attached hydrogen (secondary N) is 1. The summed E-state index contributed by atoms with van der Waals surface area (Å²) in [4.78, 5) is 28.1. The summed E-state index contributed by atoms with van der Waals surface area (Å²) in [6.45, 7) is 3.54. The highest BCUT2D eigenvalue weighted by atomic mass is 19.1. The molecule has 0 aromatic heterocycles. The van der Waals surface area contributed by atoms with Crippen molar-refractivity contribution in [2.75, 3.05) is 38.0 Å². The number of halogens is 1. The third kappa shape index (κ3) is 5.14. The first-order valence-electron chi connectivity index (χ1n) is 9.35. The van der Waals surface area contributed by atoms with E-state index in [1.165, 1.54) is 6.08 Å². The predicted octanol–water partition coefficient (Wildman–Crippen LogP) is 2.85. The number of hydrogen-bond donors (Lipinski definition) is 1. The van der Waals surface area contributed by atoms with E-state index in [1.807, 2.05) is 9.80 Å². The van der Waals surface area contributed by atoms with Crippen molar-refractivity contribution in [3.05, 3.63) is 42.0 Å². The van der Waals surface area contributed by atoms with Crippen molar-refractivity contribution in [1.29, 1.82) is 0 Å². The molecule has 0 unspecified atom stereocenters. The number of amides is 2. The summed E-state index contributed by atoms with van der Waals surface area (Å²) in [5.74, 6) is -0.176. The second kappa shape index (κ2) is 8.94. The molecule has 1 N–H and O–H groups in total. The SMILES string of the molecule is O=C(/C=C/CN1CCC[C@H](F)C1)Nc1ccc(C(=O)N2CCCC2)cc1. The predicted molar refractivity (Wildman–Crippen MR) is 99.9 cm³/mol. The molecule has 0 aliphatic carbocycles. The molecule has 5 nitrogen and oxygen atoms in total. The third-order valence-electron chi connectivity index (χ3n) is 4.87. The van der Waals surface area contributed by atoms with E-state index in [1.54, 1.807) is 30.3 Å². The highest BCUT2D eigenvalue weighted by Crippen LogP contribution is 2.16. The van der Waals surface area contributed by atoms with E-state index in [2.05, 4.69) is 5.32 Å². The number of benzene rings is 1. The number of carbonyl (C=O) groups excluding carboxylic acids is 2. The van der Waals surface area contributed by atoms with Gasteiger partial charge >= 0.3 is 0 Å². The molecule has 2 fully saturated rings. The van der Waals surface area contributed by atoms with Crippen molar-refractivity contribution in [2.45, 2.75) is 31.9 Å². The Hall–Kier alpha value is -2.21. The van der Waals surface area contributed by atoms with Gasteiger partial charge in [0.25, 0.3) is 5.91 Å². The summed E-state index contributed by atoms with van der Waals surface area (Å²) < 4.78 is 13.3. The largest absolute Gasteiger partial charge is 0.339 e. The van der Waals surface area contributed by atoms with Crippen LogP contribution < -0.4 is 5.32 Å². The smallest absolute Gasteiger partial charge is 0.253 e. The molecule has 2 aliphatic rings. The lowest BCUT2D eigenvalue weighted by Crippen LogP contribution is -2.36. The van der Waals surface area contributed by atoms with Crippen molar-refractivity contribution in [2.24, 2.45) is 0 Å². The number of nitrogens with zero attached hydrogens (tertiary/aromatic N) is 2. The third-order valence-corrected chi connectivity index (χ3v) is 4.87. The molecule has 26 heavy (non-hydrogen) atoms. The van der Waals surface area contributed by atoms with Gasteiger partial charge < -0.3 is 10.2 Å². The Morgan fingerprint density at radius 2 is 1.85 bits per heavy atom. The first kappa shape index (κ1) is 18.6. The Morgan fingerprint density at radius 1 is 1.12 bits per heavy atom. The fraction of sp³-hybridized carbons (Fsp3) is 0.500. The summed E-state index contributed by atoms with van der Waals surface area (Å²) in [6.07, 6.45) is 6.11. The van der Waals surface area contributed by atoms with Crippen LogP contribution in [0.3, 0.4) is 0 Å². The van der Waals surface area contributed by atoms with Crippen molar-refractivity contribution in [3.63, 3.8) is 0 Å². The van der Waals surface area contributed by atoms with Crippen molar-refractivity contribution < 1.29 is 14.0 Å². The normalized spacial score (nSPS) is 21.3. The number of alkyl halides is 1. The quantitative estimate of drug-likeness (QED) is 0.823. The average molecular weight is 359 g/mol. The summed E-state index contributed by atoms with van der Waals surface area (Å²) in [7, 11) is 0. The number of likely N-dealkylation sites (tertiary alicyclic amines) is 2. The molecule has 140 valence electrons. The van der Waals surface area contributed by atoms with E-state index in [0.717, 1.165) is 38.9 Å². The van der Waals surface area contributed by atoms with Gasteiger partial charge in [-0.15, -0.1) is 0 Å². The van der Waals surface area contributed by atoms with E-state index >= 15 is 0 Å². The Kier molecular flexibility index (Phi) is 6.39. The van der Waals surface area contributed by atoms with Crippen LogP contribution in [0.5, 0.6) is 0 Å². The molecule has 2 saturated heterocycles. The molecule has 1 atom stereocenters. The highest BCUT2D eigenvalue weighted by Gasteiger charge is 2.19. The van der Waals surface area contributed by atoms with Gasteiger partial charge in [-0.1, -0.05) is 6.08 Å². The summed E-state index contributed by atoms with van der Waals surface area (Å²) >= 11 is 0. The van der Waals surface area contributed by atoms with Crippen LogP contribution in [-0.2, 0) is 4.79 Å². The Labute approximate surface area is 153 Å². The fourth-order valence-electron chi connectivity index (χ4n) is 3.46. The Morgan fingerprint density at radius 3 is 2.54 bits per heavy atom. The molecule has 1 aromatic rings. The average Bonchev–Trinajstić information content (AvgIpc) is 3.16. The molecular formula is C20H26FN3O2. The van der Waals surface area contributed by atoms with Crippen LogP contribution in [0.2, 0.25) is 0 Å². The Bertz CT molecular complexity index is 654. The molecule has 6 heteroatoms. The van der Waals surface area contributed by atoms with Crippen LogP contribution in [-0.4, -0.2) is 60.5 Å². The Balaban J connectivity index is 1.46. The minimum atomic E-state index is -0.757. The maximum absolute atomic E-state index is 13.3. The van der Waals surface area contributed by atoms with Gasteiger partial charge in [-0.3, -0.25) is 14.5 Å². The summed E-state index contributed by atoms with van der Waals surface area (Å²) in [6, 6.07) is 6.98. The first-order valence-corrected chi connectivity index (χ1v) is 9.35. The maximum Gasteiger partial charge on any atom is 0.253 e. The van der Waals surface area contributed by atoms with Gasteiger partial charge in [0.2, 0.25) is 5.91 Å². The van der Waals surface area contributed by atoms with Crippen molar-refractivity contribution in [1.82, 2.24) is 9.80 Å². The van der Waals surface area contributed by atoms with Crippen LogP contribution in [0.15, 0.2) is 36.4 Å². The van der Waals surface area contributed by atoms with Gasteiger partial charge in [0.1, 0.15) is 6.17 Å². The topological polar surface area (TPSA) is 52.7 Å². The number of carbonyl (C=O) groups is 2. The molecule has 3 rings (SSSR count). The van der Waals surface area contributed by atoms with Crippen LogP contribution in [0.4, 0.5) is 10.1 Å². The highest BCUT2D eigenvalue weighted by molar-refractivity contribution is 6.00. The van der Waals surface area contributed by atoms with Gasteiger partial charge in [-0.25, -0.2) is 4.39 Å². The van der Waals surface area contributed by atoms with Crippen LogP contribution in [0, 0.1) is 0 Å². The standard InChI is InChI=1S/C20H26FN3O2/c21-17-5-3-11-23(15-17)12-4-6-19(25)22-18-9-7-16(8-10-18)20(26)24-13-1-2-14-24/h4,6-10,17H,1-3,5,11-15H2,(H,22,25)/b6-4+/t17-/m0/s1. The minimum Gasteiger partial charge on any atom is -0.339 e. The lowest BCUT2D eigenvalue weighted by molar-refractivity contribution is -0.111. The number of anilines is 1. The second-order valence-corrected chi connectivity index (χ2v) is 6.97. The first-order chi connectivity index (χ1) is 12.6. The molecule has 0 radical (unpaired) electrons. The summed E-state index contributed by atoms with van der Waals surface area (Å²) in [5, 5.41) is 2.78. The second-order valence-electron chi connectivity index (χ2n) is 6.97. The lowest BCUT2D eigenvalue weighted by Gasteiger charge is -2.27. The minimum absolute atomic E-state index is 0.0490. The molecule has 0 saturated carbocycles. The zero-order chi connectivity index (χ0) is 18.4. The van der Waals surface area contributed by atoms with Crippen molar-refractivity contribution >= 4 is 17.5 Å². The van der Waals surface area contributed by atoms with Gasteiger partial charge in [0.05, 0.1) is 0 Å². The number of hydrogen-bond acceptors (Lipinski definition) is 3. The van der Waals surface area contributed by atoms with Gasteiger partial charge in [-0.05, 0) is 56.5 Å².